The van der Waals surface area contributed by atoms with Crippen LogP contribution in [-0.4, -0.2) is 77.4 Å². The summed E-state index contributed by atoms with van der Waals surface area (Å²) in [5.41, 5.74) is 3.32. The van der Waals surface area contributed by atoms with Gasteiger partial charge in [-0.3, -0.25) is 9.69 Å². The zero-order valence-corrected chi connectivity index (χ0v) is 19.2. The van der Waals surface area contributed by atoms with Crippen LogP contribution in [0, 0.1) is 5.92 Å². The third kappa shape index (κ3) is 4.57. The molecule has 164 valence electrons. The van der Waals surface area contributed by atoms with Crippen LogP contribution in [0.25, 0.3) is 10.9 Å². The van der Waals surface area contributed by atoms with Crippen LogP contribution in [-0.2, 0) is 0 Å². The number of amides is 1. The van der Waals surface area contributed by atoms with Crippen molar-refractivity contribution in [2.45, 2.75) is 52.5 Å². The first kappa shape index (κ1) is 21.4. The molecule has 2 aliphatic rings. The number of carbonyl (C=O) groups excluding carboxylic acids is 1. The summed E-state index contributed by atoms with van der Waals surface area (Å²) in [4.78, 5) is 23.6. The number of fused-ring (bicyclic) bond motifs is 1. The lowest BCUT2D eigenvalue weighted by Gasteiger charge is -2.37. The second kappa shape index (κ2) is 9.11. The van der Waals surface area contributed by atoms with Gasteiger partial charge in [0.1, 0.15) is 0 Å². The Morgan fingerprint density at radius 1 is 1.10 bits per heavy atom. The van der Waals surface area contributed by atoms with Crippen molar-refractivity contribution in [1.82, 2.24) is 19.7 Å². The summed E-state index contributed by atoms with van der Waals surface area (Å²) in [5.74, 6) is 1.46. The van der Waals surface area contributed by atoms with E-state index in [1.807, 2.05) is 11.0 Å². The van der Waals surface area contributed by atoms with Gasteiger partial charge in [0.25, 0.3) is 5.91 Å². The van der Waals surface area contributed by atoms with E-state index in [9.17, 15) is 4.79 Å². The molecular weight excluding hydrogens is 372 g/mol. The molecule has 2 aliphatic heterocycles. The highest BCUT2D eigenvalue weighted by Crippen LogP contribution is 2.33. The van der Waals surface area contributed by atoms with E-state index in [1.165, 1.54) is 36.9 Å². The summed E-state index contributed by atoms with van der Waals surface area (Å²) in [7, 11) is 0. The molecule has 4 rings (SSSR count). The second-order valence-corrected chi connectivity index (χ2v) is 9.92. The Balaban J connectivity index is 1.47. The van der Waals surface area contributed by atoms with Gasteiger partial charge in [-0.25, -0.2) is 0 Å². The molecule has 1 N–H and O–H groups in total. The third-order valence-corrected chi connectivity index (χ3v) is 6.86. The molecule has 3 heterocycles. The zero-order chi connectivity index (χ0) is 21.3. The van der Waals surface area contributed by atoms with Gasteiger partial charge in [0.05, 0.1) is 0 Å². The Kier molecular flexibility index (Phi) is 6.49. The molecule has 1 aromatic carbocycles. The van der Waals surface area contributed by atoms with Crippen molar-refractivity contribution in [1.29, 1.82) is 0 Å². The van der Waals surface area contributed by atoms with Gasteiger partial charge in [-0.15, -0.1) is 0 Å². The van der Waals surface area contributed by atoms with Crippen molar-refractivity contribution in [3.63, 3.8) is 0 Å². The highest BCUT2D eigenvalue weighted by atomic mass is 16.2. The molecule has 0 bridgehead atoms. The van der Waals surface area contributed by atoms with Gasteiger partial charge in [-0.1, -0.05) is 19.9 Å². The third-order valence-electron chi connectivity index (χ3n) is 6.86. The summed E-state index contributed by atoms with van der Waals surface area (Å²) >= 11 is 0. The molecule has 1 unspecified atom stereocenters. The molecule has 2 saturated heterocycles. The predicted molar refractivity (Wildman–Crippen MR) is 124 cm³/mol. The lowest BCUT2D eigenvalue weighted by Crippen LogP contribution is -2.50. The maximum absolute atomic E-state index is 13.1. The Hall–Kier alpha value is -1.85. The second-order valence-electron chi connectivity index (χ2n) is 9.92. The van der Waals surface area contributed by atoms with E-state index in [-0.39, 0.29) is 5.91 Å². The summed E-state index contributed by atoms with van der Waals surface area (Å²) in [6.07, 6.45) is 4.70. The molecule has 1 amide bonds. The van der Waals surface area contributed by atoms with Gasteiger partial charge >= 0.3 is 0 Å². The predicted octanol–water partition coefficient (Wildman–Crippen LogP) is 4.17. The van der Waals surface area contributed by atoms with Crippen LogP contribution in [0.15, 0.2) is 24.4 Å². The lowest BCUT2D eigenvalue weighted by molar-refractivity contribution is 0.0595. The van der Waals surface area contributed by atoms with Crippen molar-refractivity contribution in [2.24, 2.45) is 5.92 Å². The minimum atomic E-state index is 0.164. The molecule has 2 fully saturated rings. The number of nitrogens with one attached hydrogen (secondary N) is 1. The Morgan fingerprint density at radius 2 is 1.87 bits per heavy atom. The number of piperazine rings is 1. The summed E-state index contributed by atoms with van der Waals surface area (Å²) in [5, 5.41) is 1.28. The number of hydrogen-bond acceptors (Lipinski definition) is 3. The van der Waals surface area contributed by atoms with Gasteiger partial charge in [0, 0.05) is 68.0 Å². The number of carbonyl (C=O) groups is 1. The van der Waals surface area contributed by atoms with E-state index in [0.717, 1.165) is 43.8 Å². The summed E-state index contributed by atoms with van der Waals surface area (Å²) in [6, 6.07) is 6.81. The van der Waals surface area contributed by atoms with Gasteiger partial charge in [-0.05, 0) is 62.8 Å². The molecule has 0 saturated carbocycles. The normalized spacial score (nSPS) is 21.8. The van der Waals surface area contributed by atoms with Gasteiger partial charge in [0.2, 0.25) is 0 Å². The van der Waals surface area contributed by atoms with Crippen molar-refractivity contribution in [2.75, 3.05) is 45.8 Å². The fraction of sp³-hybridized carbons (Fsp3) is 0.640. The quantitative estimate of drug-likeness (QED) is 0.804. The number of aromatic nitrogens is 1. The highest BCUT2D eigenvalue weighted by molar-refractivity contribution is 5.98. The monoisotopic (exact) mass is 410 g/mol. The minimum Gasteiger partial charge on any atom is -0.361 e. The molecule has 0 radical (unpaired) electrons. The van der Waals surface area contributed by atoms with E-state index in [1.54, 1.807) is 0 Å². The molecule has 0 spiro atoms. The molecule has 0 aliphatic carbocycles. The van der Waals surface area contributed by atoms with Crippen LogP contribution in [0.3, 0.4) is 0 Å². The first-order valence-corrected chi connectivity index (χ1v) is 11.8. The van der Waals surface area contributed by atoms with Crippen LogP contribution >= 0.6 is 0 Å². The van der Waals surface area contributed by atoms with E-state index in [0.29, 0.717) is 17.9 Å². The number of benzene rings is 1. The molecule has 1 atom stereocenters. The first-order valence-electron chi connectivity index (χ1n) is 11.8. The molecule has 5 heteroatoms. The topological polar surface area (TPSA) is 42.6 Å². The number of hydrogen-bond donors (Lipinski definition) is 1. The number of rotatable bonds is 5. The van der Waals surface area contributed by atoms with E-state index >= 15 is 0 Å². The van der Waals surface area contributed by atoms with Crippen LogP contribution in [0.5, 0.6) is 0 Å². The molecule has 30 heavy (non-hydrogen) atoms. The van der Waals surface area contributed by atoms with Crippen molar-refractivity contribution < 1.29 is 4.79 Å². The average Bonchev–Trinajstić information content (AvgIpc) is 3.16. The van der Waals surface area contributed by atoms with Gasteiger partial charge in [0.15, 0.2) is 0 Å². The Morgan fingerprint density at radius 3 is 2.57 bits per heavy atom. The number of piperidine rings is 1. The van der Waals surface area contributed by atoms with Crippen molar-refractivity contribution in [3.05, 3.63) is 35.5 Å². The maximum atomic E-state index is 13.1. The fourth-order valence-electron chi connectivity index (χ4n) is 5.24. The average molecular weight is 411 g/mol. The summed E-state index contributed by atoms with van der Waals surface area (Å²) in [6.45, 7) is 16.2. The Bertz CT molecular complexity index is 863. The largest absolute Gasteiger partial charge is 0.361 e. The number of likely N-dealkylation sites (tertiary alicyclic amines) is 1. The molecule has 2 aromatic rings. The smallest absolute Gasteiger partial charge is 0.254 e. The van der Waals surface area contributed by atoms with E-state index in [2.05, 4.69) is 60.8 Å². The van der Waals surface area contributed by atoms with Crippen LogP contribution < -0.4 is 0 Å². The maximum Gasteiger partial charge on any atom is 0.254 e. The molecule has 5 nitrogen and oxygen atoms in total. The number of H-pyrrole nitrogens is 1. The van der Waals surface area contributed by atoms with Gasteiger partial charge in [-0.2, -0.15) is 0 Å². The summed E-state index contributed by atoms with van der Waals surface area (Å²) < 4.78 is 0. The van der Waals surface area contributed by atoms with E-state index < -0.39 is 0 Å². The fourth-order valence-corrected chi connectivity index (χ4v) is 5.24. The molecule has 1 aromatic heterocycles. The zero-order valence-electron chi connectivity index (χ0n) is 19.2. The number of nitrogens with zero attached hydrogens (tertiary/aromatic N) is 3. The number of aromatic amines is 1. The SMILES string of the molecule is CC(C)CN1CCCC(c2c[nH]c3cc(C(=O)N4CCN(C(C)C)CC4)ccc23)C1. The Labute approximate surface area is 181 Å². The minimum absolute atomic E-state index is 0.164. The van der Waals surface area contributed by atoms with Crippen LogP contribution in [0.4, 0.5) is 0 Å². The molecular formula is C25H38N4O. The first-order chi connectivity index (χ1) is 14.4. The van der Waals surface area contributed by atoms with Crippen LogP contribution in [0.2, 0.25) is 0 Å². The lowest BCUT2D eigenvalue weighted by atomic mass is 9.89. The highest BCUT2D eigenvalue weighted by Gasteiger charge is 2.26. The van der Waals surface area contributed by atoms with Crippen molar-refractivity contribution >= 4 is 16.8 Å². The standard InChI is InChI=1S/C25H38N4O/c1-18(2)16-27-9-5-6-21(17-27)23-15-26-24-14-20(7-8-22(23)24)25(30)29-12-10-28(11-13-29)19(3)4/h7-8,14-15,18-19,21,26H,5-6,9-13,16-17H2,1-4H3. The van der Waals surface area contributed by atoms with Gasteiger partial charge < -0.3 is 14.8 Å². The van der Waals surface area contributed by atoms with Crippen LogP contribution in [0.1, 0.15) is 62.4 Å². The van der Waals surface area contributed by atoms with Crippen molar-refractivity contribution in [3.8, 4) is 0 Å². The van der Waals surface area contributed by atoms with E-state index in [4.69, 9.17) is 0 Å².